The van der Waals surface area contributed by atoms with Gasteiger partial charge in [-0.2, -0.15) is 0 Å². The highest BCUT2D eigenvalue weighted by molar-refractivity contribution is 6.02. The highest BCUT2D eigenvalue weighted by atomic mass is 19.1. The summed E-state index contributed by atoms with van der Waals surface area (Å²) >= 11 is 0. The molecule has 0 radical (unpaired) electrons. The zero-order valence-electron chi connectivity index (χ0n) is 12.7. The first-order valence-electron chi connectivity index (χ1n) is 6.91. The fourth-order valence-electron chi connectivity index (χ4n) is 1.89. The molecule has 0 saturated heterocycles. The van der Waals surface area contributed by atoms with Gasteiger partial charge in [0.1, 0.15) is 11.6 Å². The minimum atomic E-state index is -0.828. The van der Waals surface area contributed by atoms with Crippen molar-refractivity contribution in [2.24, 2.45) is 0 Å². The van der Waals surface area contributed by atoms with Crippen LogP contribution in [0.5, 0.6) is 5.75 Å². The van der Waals surface area contributed by atoms with Crippen LogP contribution in [0.3, 0.4) is 0 Å². The van der Waals surface area contributed by atoms with E-state index in [4.69, 9.17) is 4.74 Å². The molecule has 1 N–H and O–H groups in total. The second-order valence-corrected chi connectivity index (χ2v) is 4.74. The number of methoxy groups -OCH3 is 1. The Labute approximate surface area is 133 Å². The molecule has 5 nitrogen and oxygen atoms in total. The maximum absolute atomic E-state index is 12.8. The summed E-state index contributed by atoms with van der Waals surface area (Å²) < 4.78 is 22.9. The maximum atomic E-state index is 12.8. The molecule has 120 valence electrons. The predicted octanol–water partition coefficient (Wildman–Crippen LogP) is 3.02. The number of nitrogens with one attached hydrogen (secondary N) is 1. The van der Waals surface area contributed by atoms with E-state index in [1.807, 2.05) is 0 Å². The Morgan fingerprint density at radius 1 is 1.09 bits per heavy atom. The number of anilines is 1. The molecule has 0 spiro atoms. The van der Waals surface area contributed by atoms with E-state index in [0.29, 0.717) is 11.4 Å². The smallest absolute Gasteiger partial charge is 0.339 e. The van der Waals surface area contributed by atoms with E-state index >= 15 is 0 Å². The Morgan fingerprint density at radius 3 is 2.39 bits per heavy atom. The number of amides is 1. The Hall–Kier alpha value is -2.89. The van der Waals surface area contributed by atoms with Crippen molar-refractivity contribution in [1.29, 1.82) is 0 Å². The lowest BCUT2D eigenvalue weighted by Crippen LogP contribution is -2.30. The van der Waals surface area contributed by atoms with Gasteiger partial charge in [-0.1, -0.05) is 12.1 Å². The molecule has 1 unspecified atom stereocenters. The lowest BCUT2D eigenvalue weighted by Gasteiger charge is -2.16. The molecule has 2 aromatic rings. The molecule has 0 aliphatic rings. The van der Waals surface area contributed by atoms with Crippen LogP contribution in [0.15, 0.2) is 48.5 Å². The van der Waals surface area contributed by atoms with Crippen molar-refractivity contribution in [1.82, 2.24) is 0 Å². The monoisotopic (exact) mass is 317 g/mol. The van der Waals surface area contributed by atoms with Gasteiger partial charge in [-0.25, -0.2) is 9.18 Å². The maximum Gasteiger partial charge on any atom is 0.339 e. The first-order valence-corrected chi connectivity index (χ1v) is 6.91. The predicted molar refractivity (Wildman–Crippen MR) is 82.9 cm³/mol. The van der Waals surface area contributed by atoms with E-state index in [0.717, 1.165) is 0 Å². The van der Waals surface area contributed by atoms with Crippen LogP contribution in [0.1, 0.15) is 17.3 Å². The second-order valence-electron chi connectivity index (χ2n) is 4.74. The Balaban J connectivity index is 2.06. The normalized spacial score (nSPS) is 11.4. The van der Waals surface area contributed by atoms with E-state index in [1.165, 1.54) is 31.4 Å². The third-order valence-electron chi connectivity index (χ3n) is 3.09. The fraction of sp³-hybridized carbons (Fsp3) is 0.176. The Morgan fingerprint density at radius 2 is 1.74 bits per heavy atom. The lowest BCUT2D eigenvalue weighted by atomic mass is 10.1. The van der Waals surface area contributed by atoms with Gasteiger partial charge in [0.15, 0.2) is 6.10 Å². The first-order chi connectivity index (χ1) is 11.0. The molecule has 2 rings (SSSR count). The first kappa shape index (κ1) is 16.5. The van der Waals surface area contributed by atoms with Crippen molar-refractivity contribution < 1.29 is 23.5 Å². The van der Waals surface area contributed by atoms with Gasteiger partial charge < -0.3 is 14.8 Å². The number of rotatable bonds is 5. The van der Waals surface area contributed by atoms with Crippen molar-refractivity contribution in [3.8, 4) is 5.75 Å². The second kappa shape index (κ2) is 7.40. The SMILES string of the molecule is COC(=O)c1ccccc1NC(=O)C(C)Oc1ccc(F)cc1. The van der Waals surface area contributed by atoms with Crippen molar-refractivity contribution in [3.63, 3.8) is 0 Å². The largest absolute Gasteiger partial charge is 0.481 e. The molecule has 1 atom stereocenters. The summed E-state index contributed by atoms with van der Waals surface area (Å²) in [5, 5.41) is 2.62. The van der Waals surface area contributed by atoms with E-state index in [-0.39, 0.29) is 11.4 Å². The summed E-state index contributed by atoms with van der Waals surface area (Å²) in [5.74, 6) is -1.00. The van der Waals surface area contributed by atoms with Gasteiger partial charge in [0.05, 0.1) is 18.4 Å². The van der Waals surface area contributed by atoms with E-state index in [2.05, 4.69) is 10.1 Å². The summed E-state index contributed by atoms with van der Waals surface area (Å²) in [4.78, 5) is 23.9. The molecule has 2 aromatic carbocycles. The molecular weight excluding hydrogens is 301 g/mol. The number of halogens is 1. The summed E-state index contributed by atoms with van der Waals surface area (Å²) in [6.45, 7) is 1.56. The Kier molecular flexibility index (Phi) is 5.30. The van der Waals surface area contributed by atoms with Crippen LogP contribution < -0.4 is 10.1 Å². The number of para-hydroxylation sites is 1. The van der Waals surface area contributed by atoms with Gasteiger partial charge in [0.2, 0.25) is 0 Å². The van der Waals surface area contributed by atoms with E-state index in [9.17, 15) is 14.0 Å². The number of esters is 1. The average molecular weight is 317 g/mol. The molecule has 0 fully saturated rings. The van der Waals surface area contributed by atoms with E-state index in [1.54, 1.807) is 31.2 Å². The number of hydrogen-bond acceptors (Lipinski definition) is 4. The summed E-state index contributed by atoms with van der Waals surface area (Å²) in [5.41, 5.74) is 0.580. The van der Waals surface area contributed by atoms with Crippen molar-refractivity contribution >= 4 is 17.6 Å². The van der Waals surface area contributed by atoms with Crippen molar-refractivity contribution in [2.45, 2.75) is 13.0 Å². The minimum absolute atomic E-state index is 0.248. The molecule has 0 heterocycles. The standard InChI is InChI=1S/C17H16FNO4/c1-11(23-13-9-7-12(18)8-10-13)16(20)19-15-6-4-3-5-14(15)17(21)22-2/h3-11H,1-2H3,(H,19,20). The van der Waals surface area contributed by atoms with Crippen molar-refractivity contribution in [2.75, 3.05) is 12.4 Å². The zero-order chi connectivity index (χ0) is 16.8. The van der Waals surface area contributed by atoms with Gasteiger partial charge >= 0.3 is 5.97 Å². The minimum Gasteiger partial charge on any atom is -0.481 e. The lowest BCUT2D eigenvalue weighted by molar-refractivity contribution is -0.122. The molecule has 0 aliphatic carbocycles. The van der Waals surface area contributed by atoms with Crippen LogP contribution in [-0.4, -0.2) is 25.1 Å². The third kappa shape index (κ3) is 4.29. The summed E-state index contributed by atoms with van der Waals surface area (Å²) in [6.07, 6.45) is -0.828. The number of carbonyl (C=O) groups excluding carboxylic acids is 2. The highest BCUT2D eigenvalue weighted by Gasteiger charge is 2.18. The quantitative estimate of drug-likeness (QED) is 0.861. The molecule has 6 heteroatoms. The molecule has 0 aromatic heterocycles. The van der Waals surface area contributed by atoms with Crippen LogP contribution >= 0.6 is 0 Å². The number of benzene rings is 2. The van der Waals surface area contributed by atoms with Gasteiger partial charge in [-0.3, -0.25) is 4.79 Å². The fourth-order valence-corrected chi connectivity index (χ4v) is 1.89. The summed E-state index contributed by atoms with van der Waals surface area (Å²) in [6, 6.07) is 11.8. The molecule has 23 heavy (non-hydrogen) atoms. The molecule has 1 amide bonds. The Bertz CT molecular complexity index is 700. The van der Waals surface area contributed by atoms with Gasteiger partial charge in [-0.15, -0.1) is 0 Å². The van der Waals surface area contributed by atoms with Crippen LogP contribution in [0.4, 0.5) is 10.1 Å². The third-order valence-corrected chi connectivity index (χ3v) is 3.09. The van der Waals surface area contributed by atoms with Crippen LogP contribution in [0.2, 0.25) is 0 Å². The molecule has 0 bridgehead atoms. The van der Waals surface area contributed by atoms with Gasteiger partial charge in [0.25, 0.3) is 5.91 Å². The van der Waals surface area contributed by atoms with Crippen LogP contribution in [0, 0.1) is 5.82 Å². The van der Waals surface area contributed by atoms with Crippen molar-refractivity contribution in [3.05, 3.63) is 59.9 Å². The van der Waals surface area contributed by atoms with Gasteiger partial charge in [-0.05, 0) is 43.3 Å². The molecule has 0 aliphatic heterocycles. The number of hydrogen-bond donors (Lipinski definition) is 1. The number of ether oxygens (including phenoxy) is 2. The topological polar surface area (TPSA) is 64.6 Å². The van der Waals surface area contributed by atoms with Gasteiger partial charge in [0, 0.05) is 0 Å². The summed E-state index contributed by atoms with van der Waals surface area (Å²) in [7, 11) is 1.27. The van der Waals surface area contributed by atoms with Crippen LogP contribution in [0.25, 0.3) is 0 Å². The average Bonchev–Trinajstić information content (AvgIpc) is 2.56. The highest BCUT2D eigenvalue weighted by Crippen LogP contribution is 2.18. The molecular formula is C17H16FNO4. The number of carbonyl (C=O) groups is 2. The zero-order valence-corrected chi connectivity index (χ0v) is 12.7. The molecule has 0 saturated carbocycles. The van der Waals surface area contributed by atoms with E-state index < -0.39 is 18.0 Å². The van der Waals surface area contributed by atoms with Crippen LogP contribution in [-0.2, 0) is 9.53 Å².